The van der Waals surface area contributed by atoms with E-state index in [2.05, 4.69) is 39.9 Å². The third-order valence-electron chi connectivity index (χ3n) is 4.93. The van der Waals surface area contributed by atoms with Crippen molar-refractivity contribution in [1.29, 1.82) is 0 Å². The highest BCUT2D eigenvalue weighted by molar-refractivity contribution is 6.14. The van der Waals surface area contributed by atoms with Crippen molar-refractivity contribution in [3.63, 3.8) is 0 Å². The van der Waals surface area contributed by atoms with Gasteiger partial charge in [-0.05, 0) is 17.5 Å². The molecule has 0 fully saturated rings. The summed E-state index contributed by atoms with van der Waals surface area (Å²) in [6.45, 7) is 10.9. The lowest BCUT2D eigenvalue weighted by molar-refractivity contribution is -0.120. The SMILES string of the molecule is CC(C)CN1C(=O)C(NC(=O)OCc2ccccc2)N=C(C(C)(C)C)c2ccccc21. The van der Waals surface area contributed by atoms with E-state index in [0.717, 1.165) is 22.5 Å². The molecule has 0 radical (unpaired) electrons. The summed E-state index contributed by atoms with van der Waals surface area (Å²) in [7, 11) is 0. The molecule has 0 spiro atoms. The summed E-state index contributed by atoms with van der Waals surface area (Å²) in [5, 5.41) is 2.68. The fourth-order valence-corrected chi connectivity index (χ4v) is 3.55. The number of anilines is 1. The minimum absolute atomic E-state index is 0.124. The van der Waals surface area contributed by atoms with Crippen LogP contribution in [0.4, 0.5) is 10.5 Å². The summed E-state index contributed by atoms with van der Waals surface area (Å²) in [4.78, 5) is 32.5. The normalized spacial score (nSPS) is 16.5. The van der Waals surface area contributed by atoms with E-state index < -0.39 is 12.3 Å². The lowest BCUT2D eigenvalue weighted by atomic mass is 9.84. The Hall–Kier alpha value is -3.15. The van der Waals surface area contributed by atoms with Gasteiger partial charge in [-0.25, -0.2) is 4.79 Å². The van der Waals surface area contributed by atoms with Crippen LogP contribution in [0.5, 0.6) is 0 Å². The molecule has 0 aliphatic carbocycles. The molecule has 0 aromatic heterocycles. The zero-order valence-corrected chi connectivity index (χ0v) is 18.9. The minimum Gasteiger partial charge on any atom is -0.445 e. The van der Waals surface area contributed by atoms with Crippen LogP contribution < -0.4 is 10.2 Å². The Morgan fingerprint density at radius 3 is 2.39 bits per heavy atom. The average Bonchev–Trinajstić information content (AvgIpc) is 2.83. The van der Waals surface area contributed by atoms with Crippen LogP contribution in [0.2, 0.25) is 0 Å². The van der Waals surface area contributed by atoms with Gasteiger partial charge in [0.25, 0.3) is 5.91 Å². The Labute approximate surface area is 184 Å². The third kappa shape index (κ3) is 5.51. The van der Waals surface area contributed by atoms with Crippen molar-refractivity contribution in [3.8, 4) is 0 Å². The number of hydrogen-bond acceptors (Lipinski definition) is 4. The van der Waals surface area contributed by atoms with E-state index >= 15 is 0 Å². The minimum atomic E-state index is -1.05. The fraction of sp³-hybridized carbons (Fsp3) is 0.400. The maximum Gasteiger partial charge on any atom is 0.409 e. The highest BCUT2D eigenvalue weighted by Gasteiger charge is 2.36. The molecular formula is C25H31N3O3. The Balaban J connectivity index is 1.91. The molecule has 0 bridgehead atoms. The third-order valence-corrected chi connectivity index (χ3v) is 4.93. The fourth-order valence-electron chi connectivity index (χ4n) is 3.55. The van der Waals surface area contributed by atoms with Crippen LogP contribution in [0.25, 0.3) is 0 Å². The molecule has 164 valence electrons. The van der Waals surface area contributed by atoms with Crippen molar-refractivity contribution in [2.75, 3.05) is 11.4 Å². The van der Waals surface area contributed by atoms with Crippen LogP contribution in [-0.2, 0) is 16.1 Å². The number of aliphatic imine (C=N–C) groups is 1. The predicted molar refractivity (Wildman–Crippen MR) is 123 cm³/mol. The van der Waals surface area contributed by atoms with Crippen LogP contribution in [0, 0.1) is 11.3 Å². The molecule has 2 aromatic rings. The molecule has 1 heterocycles. The van der Waals surface area contributed by atoms with E-state index in [1.165, 1.54) is 0 Å². The van der Waals surface area contributed by atoms with E-state index in [4.69, 9.17) is 9.73 Å². The largest absolute Gasteiger partial charge is 0.445 e. The number of benzene rings is 2. The van der Waals surface area contributed by atoms with Gasteiger partial charge < -0.3 is 9.64 Å². The molecule has 1 unspecified atom stereocenters. The van der Waals surface area contributed by atoms with Gasteiger partial charge in [0.1, 0.15) is 6.61 Å². The number of carbonyl (C=O) groups is 2. The van der Waals surface area contributed by atoms with Crippen LogP contribution in [0.3, 0.4) is 0 Å². The summed E-state index contributed by atoms with van der Waals surface area (Å²) >= 11 is 0. The second kappa shape index (κ2) is 9.33. The summed E-state index contributed by atoms with van der Waals surface area (Å²) in [5.41, 5.74) is 3.05. The molecule has 2 aromatic carbocycles. The summed E-state index contributed by atoms with van der Waals surface area (Å²) in [5.74, 6) is -0.0177. The zero-order valence-electron chi connectivity index (χ0n) is 18.9. The number of alkyl carbamates (subject to hydrolysis) is 1. The van der Waals surface area contributed by atoms with Gasteiger partial charge >= 0.3 is 6.09 Å². The molecule has 6 nitrogen and oxygen atoms in total. The van der Waals surface area contributed by atoms with Crippen LogP contribution in [0.1, 0.15) is 45.7 Å². The van der Waals surface area contributed by atoms with Crippen molar-refractivity contribution < 1.29 is 14.3 Å². The van der Waals surface area contributed by atoms with E-state index in [9.17, 15) is 9.59 Å². The van der Waals surface area contributed by atoms with Gasteiger partial charge in [0.05, 0.1) is 11.4 Å². The first-order valence-corrected chi connectivity index (χ1v) is 10.6. The van der Waals surface area contributed by atoms with Gasteiger partial charge in [0.2, 0.25) is 6.17 Å². The maximum absolute atomic E-state index is 13.5. The monoisotopic (exact) mass is 421 g/mol. The van der Waals surface area contributed by atoms with Gasteiger partial charge in [-0.1, -0.05) is 83.1 Å². The number of amides is 2. The summed E-state index contributed by atoms with van der Waals surface area (Å²) in [6.07, 6.45) is -1.72. The van der Waals surface area contributed by atoms with Gasteiger partial charge in [-0.2, -0.15) is 0 Å². The van der Waals surface area contributed by atoms with E-state index in [0.29, 0.717) is 6.54 Å². The Morgan fingerprint density at radius 1 is 1.10 bits per heavy atom. The molecule has 3 rings (SSSR count). The summed E-state index contributed by atoms with van der Waals surface area (Å²) < 4.78 is 5.34. The number of ether oxygens (including phenoxy) is 1. The standard InChI is InChI=1S/C25H31N3O3/c1-17(2)15-28-20-14-10-9-13-19(20)21(25(3,4)5)26-22(23(28)29)27-24(30)31-16-18-11-7-6-8-12-18/h6-14,17,22H,15-16H2,1-5H3,(H,27,30). The average molecular weight is 422 g/mol. The van der Waals surface area contributed by atoms with Gasteiger partial charge in [-0.15, -0.1) is 0 Å². The Morgan fingerprint density at radius 2 is 1.74 bits per heavy atom. The van der Waals surface area contributed by atoms with Crippen molar-refractivity contribution in [1.82, 2.24) is 5.32 Å². The van der Waals surface area contributed by atoms with Crippen LogP contribution in [0.15, 0.2) is 59.6 Å². The number of carbonyl (C=O) groups excluding carboxylic acids is 2. The number of nitrogens with zero attached hydrogens (tertiary/aromatic N) is 2. The summed E-state index contributed by atoms with van der Waals surface area (Å²) in [6, 6.07) is 17.2. The number of fused-ring (bicyclic) bond motifs is 1. The van der Waals surface area contributed by atoms with Crippen LogP contribution in [-0.4, -0.2) is 30.4 Å². The number of benzodiazepines with no additional fused rings is 1. The topological polar surface area (TPSA) is 71.0 Å². The molecule has 0 saturated carbocycles. The molecule has 6 heteroatoms. The molecular weight excluding hydrogens is 390 g/mol. The first-order chi connectivity index (χ1) is 14.7. The van der Waals surface area contributed by atoms with E-state index in [1.807, 2.05) is 54.6 Å². The molecule has 2 amide bonds. The smallest absolute Gasteiger partial charge is 0.409 e. The highest BCUT2D eigenvalue weighted by atomic mass is 16.5. The first kappa shape index (κ1) is 22.5. The number of para-hydroxylation sites is 1. The number of nitrogens with one attached hydrogen (secondary N) is 1. The molecule has 1 aliphatic rings. The lowest BCUT2D eigenvalue weighted by Gasteiger charge is -2.27. The van der Waals surface area contributed by atoms with E-state index in [-0.39, 0.29) is 23.8 Å². The van der Waals surface area contributed by atoms with E-state index in [1.54, 1.807) is 4.90 Å². The van der Waals surface area contributed by atoms with Crippen molar-refractivity contribution in [2.24, 2.45) is 16.3 Å². The van der Waals surface area contributed by atoms with Gasteiger partial charge in [0.15, 0.2) is 0 Å². The maximum atomic E-state index is 13.5. The quantitative estimate of drug-likeness (QED) is 0.755. The molecule has 1 N–H and O–H groups in total. The van der Waals surface area contributed by atoms with Crippen molar-refractivity contribution in [2.45, 2.75) is 47.4 Å². The first-order valence-electron chi connectivity index (χ1n) is 10.6. The second-order valence-electron chi connectivity index (χ2n) is 9.20. The van der Waals surface area contributed by atoms with Crippen molar-refractivity contribution >= 4 is 23.4 Å². The number of rotatable bonds is 5. The second-order valence-corrected chi connectivity index (χ2v) is 9.20. The zero-order chi connectivity index (χ0) is 22.6. The lowest BCUT2D eigenvalue weighted by Crippen LogP contribution is -2.48. The molecule has 1 aliphatic heterocycles. The molecule has 31 heavy (non-hydrogen) atoms. The predicted octanol–water partition coefficient (Wildman–Crippen LogP) is 4.78. The molecule has 0 saturated heterocycles. The van der Waals surface area contributed by atoms with Crippen molar-refractivity contribution in [3.05, 3.63) is 65.7 Å². The van der Waals surface area contributed by atoms with Crippen LogP contribution >= 0.6 is 0 Å². The number of hydrogen-bond donors (Lipinski definition) is 1. The van der Waals surface area contributed by atoms with Gasteiger partial charge in [-0.3, -0.25) is 15.1 Å². The Bertz CT molecular complexity index is 961. The molecule has 1 atom stereocenters. The highest BCUT2D eigenvalue weighted by Crippen LogP contribution is 2.33. The van der Waals surface area contributed by atoms with Gasteiger partial charge in [0, 0.05) is 17.5 Å². The Kier molecular flexibility index (Phi) is 6.78.